The van der Waals surface area contributed by atoms with E-state index in [2.05, 4.69) is 35.7 Å². The number of rotatable bonds is 8. The van der Waals surface area contributed by atoms with E-state index in [-0.39, 0.29) is 0 Å². The normalized spacial score (nSPS) is 21.9. The van der Waals surface area contributed by atoms with Crippen LogP contribution in [-0.2, 0) is 17.7 Å². The number of nitriles is 1. The Bertz CT molecular complexity index is 649. The lowest BCUT2D eigenvalue weighted by Gasteiger charge is -2.24. The maximum atomic E-state index is 9.78. The number of H-pyrrole nitrogens is 1. The number of pyridine rings is 1. The molecule has 2 atom stereocenters. The van der Waals surface area contributed by atoms with Crippen molar-refractivity contribution in [2.45, 2.75) is 58.1 Å². The van der Waals surface area contributed by atoms with E-state index in [1.165, 1.54) is 28.9 Å². The number of hydrogen-bond acceptors (Lipinski definition) is 4. The molecule has 0 aromatic carbocycles. The quantitative estimate of drug-likeness (QED) is 0.609. The third-order valence-electron chi connectivity index (χ3n) is 5.47. The Labute approximate surface area is 156 Å². The first-order valence-electron chi connectivity index (χ1n) is 10.1. The zero-order valence-electron chi connectivity index (χ0n) is 16.2. The second-order valence-electron chi connectivity index (χ2n) is 7.60. The first kappa shape index (κ1) is 18.9. The molecule has 1 aromatic rings. The summed E-state index contributed by atoms with van der Waals surface area (Å²) in [5.74, 6) is 1.93. The lowest BCUT2D eigenvalue weighted by atomic mass is 9.96. The minimum Gasteiger partial charge on any atom is -0.375 e. The zero-order valence-corrected chi connectivity index (χ0v) is 16.2. The van der Waals surface area contributed by atoms with Crippen molar-refractivity contribution in [3.63, 3.8) is 0 Å². The number of hydrogen-bond donors (Lipinski definition) is 3. The van der Waals surface area contributed by atoms with Gasteiger partial charge in [0.1, 0.15) is 18.2 Å². The van der Waals surface area contributed by atoms with Crippen molar-refractivity contribution in [3.05, 3.63) is 16.7 Å². The fraction of sp³-hybridized carbons (Fsp3) is 0.700. The maximum Gasteiger partial charge on any atom is 0.237 e. The Kier molecular flexibility index (Phi) is 6.70. The fourth-order valence-electron chi connectivity index (χ4n) is 3.93. The molecule has 3 rings (SSSR count). The molecule has 6 nitrogen and oxygen atoms in total. The van der Waals surface area contributed by atoms with E-state index in [0.29, 0.717) is 6.10 Å². The summed E-state index contributed by atoms with van der Waals surface area (Å²) in [5.41, 5.74) is 3.28. The van der Waals surface area contributed by atoms with Crippen LogP contribution in [0.1, 0.15) is 55.7 Å². The predicted molar refractivity (Wildman–Crippen MR) is 102 cm³/mol. The molecule has 2 aliphatic rings. The van der Waals surface area contributed by atoms with Gasteiger partial charge in [-0.05, 0) is 24.8 Å². The largest absolute Gasteiger partial charge is 0.375 e. The average molecular weight is 360 g/mol. The summed E-state index contributed by atoms with van der Waals surface area (Å²) in [6.45, 7) is 6.82. The SMILES string of the molecule is CCCCCNc1[nH+]c(NC[C@@H]2CCCO2)c2c(c1C#N)CC[NH+](C)C2. The Morgan fingerprint density at radius 2 is 2.15 bits per heavy atom. The summed E-state index contributed by atoms with van der Waals surface area (Å²) in [6, 6.07) is 2.45. The van der Waals surface area contributed by atoms with E-state index < -0.39 is 0 Å². The monoisotopic (exact) mass is 359 g/mol. The zero-order chi connectivity index (χ0) is 18.4. The molecule has 0 amide bonds. The molecule has 1 saturated heterocycles. The number of quaternary nitrogens is 1. The third kappa shape index (κ3) is 4.46. The van der Waals surface area contributed by atoms with Gasteiger partial charge in [0, 0.05) is 13.0 Å². The molecule has 6 heteroatoms. The van der Waals surface area contributed by atoms with Gasteiger partial charge in [-0.1, -0.05) is 19.8 Å². The van der Waals surface area contributed by atoms with Crippen molar-refractivity contribution in [2.75, 3.05) is 43.9 Å². The molecule has 0 radical (unpaired) electrons. The van der Waals surface area contributed by atoms with Gasteiger partial charge in [0.15, 0.2) is 0 Å². The molecule has 26 heavy (non-hydrogen) atoms. The molecule has 0 spiro atoms. The van der Waals surface area contributed by atoms with Crippen LogP contribution in [0, 0.1) is 11.3 Å². The maximum absolute atomic E-state index is 9.78. The molecular weight excluding hydrogens is 326 g/mol. The van der Waals surface area contributed by atoms with Gasteiger partial charge in [-0.15, -0.1) is 0 Å². The molecule has 1 fully saturated rings. The highest BCUT2D eigenvalue weighted by molar-refractivity contribution is 5.60. The van der Waals surface area contributed by atoms with Crippen LogP contribution in [0.2, 0.25) is 0 Å². The van der Waals surface area contributed by atoms with Crippen LogP contribution in [-0.4, -0.2) is 39.4 Å². The van der Waals surface area contributed by atoms with Crippen LogP contribution in [0.25, 0.3) is 0 Å². The number of unbranched alkanes of at least 4 members (excludes halogenated alkanes) is 2. The highest BCUT2D eigenvalue weighted by Crippen LogP contribution is 2.26. The summed E-state index contributed by atoms with van der Waals surface area (Å²) in [7, 11) is 2.22. The molecule has 2 aliphatic heterocycles. The van der Waals surface area contributed by atoms with Crippen molar-refractivity contribution >= 4 is 11.6 Å². The average Bonchev–Trinajstić information content (AvgIpc) is 3.17. The number of anilines is 2. The highest BCUT2D eigenvalue weighted by Gasteiger charge is 2.29. The summed E-state index contributed by atoms with van der Waals surface area (Å²) in [4.78, 5) is 4.98. The lowest BCUT2D eigenvalue weighted by Crippen LogP contribution is -3.08. The first-order chi connectivity index (χ1) is 12.7. The number of nitrogens with zero attached hydrogens (tertiary/aromatic N) is 1. The van der Waals surface area contributed by atoms with Gasteiger partial charge in [0.25, 0.3) is 0 Å². The van der Waals surface area contributed by atoms with Crippen LogP contribution < -0.4 is 20.5 Å². The second-order valence-corrected chi connectivity index (χ2v) is 7.60. The molecule has 142 valence electrons. The number of likely N-dealkylation sites (N-methyl/N-ethyl adjacent to an activating group) is 1. The first-order valence-corrected chi connectivity index (χ1v) is 10.1. The van der Waals surface area contributed by atoms with Gasteiger partial charge >= 0.3 is 0 Å². The number of nitrogens with one attached hydrogen (secondary N) is 4. The summed E-state index contributed by atoms with van der Waals surface area (Å²) in [6.07, 6.45) is 7.05. The minimum absolute atomic E-state index is 0.296. The Hall–Kier alpha value is -1.84. The molecule has 1 unspecified atom stereocenters. The highest BCUT2D eigenvalue weighted by atomic mass is 16.5. The van der Waals surface area contributed by atoms with Crippen molar-refractivity contribution in [2.24, 2.45) is 0 Å². The Morgan fingerprint density at radius 1 is 1.27 bits per heavy atom. The summed E-state index contributed by atoms with van der Waals surface area (Å²) < 4.78 is 5.76. The van der Waals surface area contributed by atoms with Crippen LogP contribution >= 0.6 is 0 Å². The van der Waals surface area contributed by atoms with Gasteiger partial charge < -0.3 is 20.3 Å². The summed E-state index contributed by atoms with van der Waals surface area (Å²) >= 11 is 0. The second kappa shape index (κ2) is 9.20. The third-order valence-corrected chi connectivity index (χ3v) is 5.47. The molecular formula is C20H33N5O+2. The number of fused-ring (bicyclic) bond motifs is 1. The molecule has 0 bridgehead atoms. The molecule has 1 aromatic heterocycles. The number of aromatic nitrogens is 1. The fourth-order valence-corrected chi connectivity index (χ4v) is 3.93. The Morgan fingerprint density at radius 3 is 2.88 bits per heavy atom. The standard InChI is InChI=1S/C20H31N5O/c1-3-4-5-9-22-19-17(12-21)16-8-10-25(2)14-18(16)20(24-19)23-13-15-7-6-11-26-15/h15H,3-11,13-14H2,1-2H3,(H2,22,23,24)/p+2/t15-/m0/s1. The molecule has 0 saturated carbocycles. The van der Waals surface area contributed by atoms with Crippen molar-refractivity contribution in [1.29, 1.82) is 5.26 Å². The Balaban J connectivity index is 1.83. The van der Waals surface area contributed by atoms with Gasteiger partial charge in [-0.25, -0.2) is 4.98 Å². The van der Waals surface area contributed by atoms with Gasteiger partial charge in [0.05, 0.1) is 38.3 Å². The topological polar surface area (TPSA) is 75.7 Å². The van der Waals surface area contributed by atoms with E-state index in [4.69, 9.17) is 4.74 Å². The van der Waals surface area contributed by atoms with E-state index >= 15 is 0 Å². The molecule has 4 N–H and O–H groups in total. The van der Waals surface area contributed by atoms with E-state index in [1.807, 2.05) is 0 Å². The van der Waals surface area contributed by atoms with Gasteiger partial charge in [-0.3, -0.25) is 0 Å². The predicted octanol–water partition coefficient (Wildman–Crippen LogP) is 1.14. The van der Waals surface area contributed by atoms with E-state index in [1.54, 1.807) is 0 Å². The molecule has 0 aliphatic carbocycles. The lowest BCUT2D eigenvalue weighted by molar-refractivity contribution is -0.895. The van der Waals surface area contributed by atoms with Crippen molar-refractivity contribution < 1.29 is 14.6 Å². The molecule has 3 heterocycles. The number of ether oxygens (including phenoxy) is 1. The van der Waals surface area contributed by atoms with Gasteiger partial charge in [0.2, 0.25) is 11.6 Å². The van der Waals surface area contributed by atoms with E-state index in [0.717, 1.165) is 75.7 Å². The van der Waals surface area contributed by atoms with Crippen molar-refractivity contribution in [3.8, 4) is 6.07 Å². The van der Waals surface area contributed by atoms with E-state index in [9.17, 15) is 5.26 Å². The van der Waals surface area contributed by atoms with Crippen LogP contribution in [0.5, 0.6) is 0 Å². The smallest absolute Gasteiger partial charge is 0.237 e. The van der Waals surface area contributed by atoms with Crippen LogP contribution in [0.15, 0.2) is 0 Å². The number of aromatic amines is 1. The minimum atomic E-state index is 0.296. The van der Waals surface area contributed by atoms with Crippen LogP contribution in [0.3, 0.4) is 0 Å². The van der Waals surface area contributed by atoms with Gasteiger partial charge in [-0.2, -0.15) is 5.26 Å². The van der Waals surface area contributed by atoms with Crippen molar-refractivity contribution in [1.82, 2.24) is 0 Å². The van der Waals surface area contributed by atoms with Crippen LogP contribution in [0.4, 0.5) is 11.6 Å². The summed E-state index contributed by atoms with van der Waals surface area (Å²) in [5, 5.41) is 16.8.